The summed E-state index contributed by atoms with van der Waals surface area (Å²) in [5, 5.41) is 26.2. The molecule has 31 heavy (non-hydrogen) atoms. The minimum Gasteiger partial charge on any atom is -0.462 e. The maximum atomic E-state index is 11.4. The van der Waals surface area contributed by atoms with Crippen molar-refractivity contribution in [2.45, 2.75) is 52.4 Å². The summed E-state index contributed by atoms with van der Waals surface area (Å²) in [4.78, 5) is 41.4. The molecule has 1 rings (SSSR count). The number of carbonyl (C=O) groups excluding carboxylic acids is 2. The maximum absolute atomic E-state index is 11.4. The van der Waals surface area contributed by atoms with E-state index in [1.165, 1.54) is 19.3 Å². The molecule has 12 heteroatoms. The number of benzene rings is 1. The van der Waals surface area contributed by atoms with Crippen LogP contribution in [0, 0.1) is 6.92 Å². The maximum Gasteiger partial charge on any atom is 0.458 e. The van der Waals surface area contributed by atoms with Crippen LogP contribution in [-0.4, -0.2) is 41.2 Å². The van der Waals surface area contributed by atoms with Gasteiger partial charge in [0.25, 0.3) is 0 Å². The molecule has 0 saturated carbocycles. The fraction of sp³-hybridized carbons (Fsp3) is 0.474. The number of carbonyl (C=O) groups is 4. The quantitative estimate of drug-likeness (QED) is 0.354. The summed E-state index contributed by atoms with van der Waals surface area (Å²) in [6.45, 7) is 4.37. The first kappa shape index (κ1) is 27.3. The number of aryl methyl sites for hydroxylation is 1. The molecule has 2 N–H and O–H groups in total. The van der Waals surface area contributed by atoms with Crippen LogP contribution in [0.15, 0.2) is 44.7 Å². The fourth-order valence-corrected chi connectivity index (χ4v) is 1.97. The highest BCUT2D eigenvalue weighted by atomic mass is 16.6. The monoisotopic (exact) mass is 438 g/mol. The first-order valence-corrected chi connectivity index (χ1v) is 9.49. The van der Waals surface area contributed by atoms with Gasteiger partial charge < -0.3 is 19.7 Å². The average molecular weight is 438 g/mol. The minimum absolute atomic E-state index is 0.289. The van der Waals surface area contributed by atoms with E-state index in [4.69, 9.17) is 19.7 Å². The van der Waals surface area contributed by atoms with Gasteiger partial charge in [-0.25, -0.2) is 19.2 Å². The van der Waals surface area contributed by atoms with Crippen molar-refractivity contribution < 1.29 is 38.9 Å². The molecule has 0 aliphatic rings. The second-order valence-electron chi connectivity index (χ2n) is 6.03. The van der Waals surface area contributed by atoms with Gasteiger partial charge in [-0.15, -0.1) is 0 Å². The van der Waals surface area contributed by atoms with Gasteiger partial charge in [-0.05, 0) is 25.5 Å². The molecule has 0 aliphatic carbocycles. The Balaban J connectivity index is 0.000000954. The van der Waals surface area contributed by atoms with Gasteiger partial charge >= 0.3 is 24.4 Å². The number of azo groups is 2. The van der Waals surface area contributed by atoms with Crippen molar-refractivity contribution >= 4 is 24.4 Å². The third-order valence-corrected chi connectivity index (χ3v) is 3.38. The van der Waals surface area contributed by atoms with Gasteiger partial charge in [0.1, 0.15) is 5.75 Å². The van der Waals surface area contributed by atoms with Gasteiger partial charge in [0, 0.05) is 0 Å². The predicted molar refractivity (Wildman–Crippen MR) is 108 cm³/mol. The zero-order chi connectivity index (χ0) is 23.5. The van der Waals surface area contributed by atoms with E-state index in [2.05, 4.69) is 27.4 Å². The number of rotatable bonds is 8. The summed E-state index contributed by atoms with van der Waals surface area (Å²) in [6, 6.07) is 6.88. The van der Waals surface area contributed by atoms with Gasteiger partial charge in [-0.1, -0.05) is 77.2 Å². The first-order valence-electron chi connectivity index (χ1n) is 9.49. The Morgan fingerprint density at radius 1 is 0.774 bits per heavy atom. The number of ether oxygens (including phenoxy) is 2. The second kappa shape index (κ2) is 17.2. The standard InChI is InChI=1S/C17H24N2O4.C2H2N2O4/c1-3-4-5-6-7-8-13-22-16(20)18-19-17(21)23-15-11-9-14(2)10-12-15;5-1(6)3-4-2(7)8/h9-12H,3-8,13H2,1-2H3;(H,5,6)(H,7,8). The summed E-state index contributed by atoms with van der Waals surface area (Å²) >= 11 is 0. The molecule has 0 radical (unpaired) electrons. The molecular formula is C19H26N4O8. The number of nitrogens with zero attached hydrogens (tertiary/aromatic N) is 4. The highest BCUT2D eigenvalue weighted by Crippen LogP contribution is 2.12. The molecule has 0 unspecified atom stereocenters. The highest BCUT2D eigenvalue weighted by Gasteiger charge is 2.05. The molecule has 0 spiro atoms. The minimum atomic E-state index is -1.62. The largest absolute Gasteiger partial charge is 0.462 e. The Morgan fingerprint density at radius 2 is 1.29 bits per heavy atom. The van der Waals surface area contributed by atoms with Crippen molar-refractivity contribution in [3.8, 4) is 5.75 Å². The van der Waals surface area contributed by atoms with Gasteiger partial charge in [0.05, 0.1) is 6.61 Å². The third kappa shape index (κ3) is 18.1. The molecule has 170 valence electrons. The number of unbranched alkanes of at least 4 members (excludes halogenated alkanes) is 5. The van der Waals surface area contributed by atoms with Crippen molar-refractivity contribution in [3.63, 3.8) is 0 Å². The summed E-state index contributed by atoms with van der Waals surface area (Å²) in [6.07, 6.45) is 1.51. The molecule has 0 bridgehead atoms. The van der Waals surface area contributed by atoms with E-state index in [0.717, 1.165) is 24.8 Å². The Kier molecular flexibility index (Phi) is 15.1. The molecule has 1 aromatic rings. The number of hydrogen-bond donors (Lipinski definition) is 2. The Morgan fingerprint density at radius 3 is 1.84 bits per heavy atom. The van der Waals surface area contributed by atoms with Crippen molar-refractivity contribution in [2.75, 3.05) is 6.61 Å². The molecule has 0 fully saturated rings. The summed E-state index contributed by atoms with van der Waals surface area (Å²) in [5.74, 6) is 0.347. The van der Waals surface area contributed by atoms with Crippen molar-refractivity contribution in [2.24, 2.45) is 20.5 Å². The van der Waals surface area contributed by atoms with Crippen molar-refractivity contribution in [1.29, 1.82) is 0 Å². The van der Waals surface area contributed by atoms with E-state index in [0.29, 0.717) is 5.75 Å². The van der Waals surface area contributed by atoms with Gasteiger partial charge in [0.15, 0.2) is 0 Å². The number of carboxylic acid groups (broad SMARTS) is 2. The molecule has 0 heterocycles. The lowest BCUT2D eigenvalue weighted by Crippen LogP contribution is -2.04. The molecule has 0 atom stereocenters. The van der Waals surface area contributed by atoms with Crippen LogP contribution in [0.2, 0.25) is 0 Å². The zero-order valence-corrected chi connectivity index (χ0v) is 17.4. The van der Waals surface area contributed by atoms with Gasteiger partial charge in [0.2, 0.25) is 0 Å². The van der Waals surface area contributed by atoms with E-state index < -0.39 is 24.4 Å². The molecular weight excluding hydrogens is 412 g/mol. The molecule has 4 amide bonds. The van der Waals surface area contributed by atoms with Crippen molar-refractivity contribution in [1.82, 2.24) is 0 Å². The Hall–Kier alpha value is -3.70. The smallest absolute Gasteiger partial charge is 0.458 e. The van der Waals surface area contributed by atoms with Crippen molar-refractivity contribution in [3.05, 3.63) is 29.8 Å². The lowest BCUT2D eigenvalue weighted by Gasteiger charge is -2.01. The number of amides is 4. The van der Waals surface area contributed by atoms with Crippen LogP contribution in [-0.2, 0) is 4.74 Å². The van der Waals surface area contributed by atoms with E-state index in [1.54, 1.807) is 24.3 Å². The van der Waals surface area contributed by atoms with E-state index >= 15 is 0 Å². The molecule has 0 aliphatic heterocycles. The SMILES string of the molecule is CCCCCCCCOC(=O)N=NC(=O)Oc1ccc(C)cc1.O=C(O)N=NC(=O)O. The van der Waals surface area contributed by atoms with Gasteiger partial charge in [-0.2, -0.15) is 0 Å². The predicted octanol–water partition coefficient (Wildman–Crippen LogP) is 6.24. The van der Waals surface area contributed by atoms with Crippen LogP contribution in [0.4, 0.5) is 19.2 Å². The van der Waals surface area contributed by atoms with E-state index in [1.807, 2.05) is 6.92 Å². The normalized spacial score (nSPS) is 10.4. The van der Waals surface area contributed by atoms with E-state index in [9.17, 15) is 19.2 Å². The van der Waals surface area contributed by atoms with Gasteiger partial charge in [-0.3, -0.25) is 0 Å². The molecule has 0 saturated heterocycles. The zero-order valence-electron chi connectivity index (χ0n) is 17.4. The average Bonchev–Trinajstić information content (AvgIpc) is 2.72. The summed E-state index contributed by atoms with van der Waals surface area (Å²) < 4.78 is 9.75. The first-order chi connectivity index (χ1) is 14.7. The van der Waals surface area contributed by atoms with Crippen LogP contribution in [0.1, 0.15) is 51.0 Å². The van der Waals surface area contributed by atoms with Crippen LogP contribution < -0.4 is 4.74 Å². The summed E-state index contributed by atoms with van der Waals surface area (Å²) in [7, 11) is 0. The lowest BCUT2D eigenvalue weighted by atomic mass is 10.1. The highest BCUT2D eigenvalue weighted by molar-refractivity contribution is 5.74. The lowest BCUT2D eigenvalue weighted by molar-refractivity contribution is 0.151. The van der Waals surface area contributed by atoms with Crippen LogP contribution in [0.5, 0.6) is 5.75 Å². The second-order valence-corrected chi connectivity index (χ2v) is 6.03. The Bertz CT molecular complexity index is 747. The van der Waals surface area contributed by atoms with Crippen LogP contribution in [0.25, 0.3) is 0 Å². The molecule has 1 aromatic carbocycles. The fourth-order valence-electron chi connectivity index (χ4n) is 1.97. The van der Waals surface area contributed by atoms with Crippen LogP contribution >= 0.6 is 0 Å². The topological polar surface area (TPSA) is 177 Å². The number of hydrogen-bond acceptors (Lipinski definition) is 6. The molecule has 0 aromatic heterocycles. The third-order valence-electron chi connectivity index (χ3n) is 3.38. The van der Waals surface area contributed by atoms with E-state index in [-0.39, 0.29) is 6.61 Å². The summed E-state index contributed by atoms with van der Waals surface area (Å²) in [5.41, 5.74) is 1.05. The Labute approximate surface area is 179 Å². The van der Waals surface area contributed by atoms with Crippen LogP contribution in [0.3, 0.4) is 0 Å². The molecule has 12 nitrogen and oxygen atoms in total.